The zero-order valence-corrected chi connectivity index (χ0v) is 13.0. The lowest BCUT2D eigenvalue weighted by molar-refractivity contribution is -0.0477. The Morgan fingerprint density at radius 3 is 2.60 bits per heavy atom. The van der Waals surface area contributed by atoms with E-state index in [0.717, 1.165) is 12.1 Å². The average molecular weight is 297 g/mol. The second kappa shape index (κ2) is 6.24. The summed E-state index contributed by atoms with van der Waals surface area (Å²) in [6, 6.07) is 9.35. The van der Waals surface area contributed by atoms with Gasteiger partial charge in [0, 0.05) is 18.6 Å². The summed E-state index contributed by atoms with van der Waals surface area (Å²) in [5.74, 6) is 0.323. The van der Waals surface area contributed by atoms with Crippen molar-refractivity contribution in [2.75, 3.05) is 32.1 Å². The number of hydrogen-bond acceptors (Lipinski definition) is 4. The monoisotopic (exact) mass is 297 g/mol. The molecule has 0 bridgehead atoms. The standard InChI is InChI=1S/C15H23NO3S/c1-15(2)13-19-10-8-16(15)9-11-20(17,18)12-14-6-4-3-5-7-14/h3-7H,8-13H2,1-2H3. The molecule has 1 aliphatic rings. The molecule has 0 unspecified atom stereocenters. The second-order valence-electron chi connectivity index (χ2n) is 5.93. The molecule has 0 atom stereocenters. The largest absolute Gasteiger partial charge is 0.378 e. The van der Waals surface area contributed by atoms with Crippen molar-refractivity contribution in [1.29, 1.82) is 0 Å². The van der Waals surface area contributed by atoms with E-state index in [-0.39, 0.29) is 17.0 Å². The highest BCUT2D eigenvalue weighted by Gasteiger charge is 2.31. The highest BCUT2D eigenvalue weighted by Crippen LogP contribution is 2.19. The lowest BCUT2D eigenvalue weighted by Gasteiger charge is -2.42. The fraction of sp³-hybridized carbons (Fsp3) is 0.600. The summed E-state index contributed by atoms with van der Waals surface area (Å²) < 4.78 is 29.8. The van der Waals surface area contributed by atoms with Crippen LogP contribution in [-0.2, 0) is 20.3 Å². The van der Waals surface area contributed by atoms with E-state index < -0.39 is 9.84 Å². The summed E-state index contributed by atoms with van der Waals surface area (Å²) in [4.78, 5) is 2.21. The third-order valence-electron chi connectivity index (χ3n) is 3.72. The van der Waals surface area contributed by atoms with Crippen molar-refractivity contribution in [1.82, 2.24) is 4.90 Å². The van der Waals surface area contributed by atoms with Crippen molar-refractivity contribution in [2.45, 2.75) is 25.1 Å². The van der Waals surface area contributed by atoms with Crippen molar-refractivity contribution in [2.24, 2.45) is 0 Å². The van der Waals surface area contributed by atoms with E-state index in [1.165, 1.54) is 0 Å². The zero-order valence-electron chi connectivity index (χ0n) is 12.2. The zero-order chi connectivity index (χ0) is 14.6. The van der Waals surface area contributed by atoms with Crippen LogP contribution in [0.2, 0.25) is 0 Å². The Morgan fingerprint density at radius 1 is 1.25 bits per heavy atom. The summed E-state index contributed by atoms with van der Waals surface area (Å²) in [5, 5.41) is 0. The van der Waals surface area contributed by atoms with Gasteiger partial charge in [0.2, 0.25) is 0 Å². The van der Waals surface area contributed by atoms with Gasteiger partial charge in [0.25, 0.3) is 0 Å². The van der Waals surface area contributed by atoms with Crippen LogP contribution in [0.1, 0.15) is 19.4 Å². The molecule has 0 radical (unpaired) electrons. The Kier molecular flexibility index (Phi) is 4.83. The van der Waals surface area contributed by atoms with Crippen LogP contribution in [0.4, 0.5) is 0 Å². The molecule has 1 aliphatic heterocycles. The van der Waals surface area contributed by atoms with E-state index in [9.17, 15) is 8.42 Å². The van der Waals surface area contributed by atoms with Crippen LogP contribution in [0.3, 0.4) is 0 Å². The molecule has 1 aromatic carbocycles. The molecule has 20 heavy (non-hydrogen) atoms. The minimum Gasteiger partial charge on any atom is -0.378 e. The van der Waals surface area contributed by atoms with Crippen LogP contribution in [0.5, 0.6) is 0 Å². The molecule has 0 aliphatic carbocycles. The quantitative estimate of drug-likeness (QED) is 0.830. The normalized spacial score (nSPS) is 19.9. The van der Waals surface area contributed by atoms with Crippen LogP contribution in [-0.4, -0.2) is 50.9 Å². The number of ether oxygens (including phenoxy) is 1. The van der Waals surface area contributed by atoms with E-state index in [2.05, 4.69) is 18.7 Å². The molecular weight excluding hydrogens is 274 g/mol. The molecule has 0 saturated carbocycles. The third-order valence-corrected chi connectivity index (χ3v) is 5.30. The fourth-order valence-corrected chi connectivity index (χ4v) is 3.80. The number of benzene rings is 1. The molecule has 1 fully saturated rings. The highest BCUT2D eigenvalue weighted by molar-refractivity contribution is 7.90. The Labute approximate surface area is 121 Å². The Balaban J connectivity index is 1.92. The SMILES string of the molecule is CC1(C)COCCN1CCS(=O)(=O)Cc1ccccc1. The first-order chi connectivity index (χ1) is 9.39. The predicted molar refractivity (Wildman–Crippen MR) is 80.4 cm³/mol. The van der Waals surface area contributed by atoms with Crippen molar-refractivity contribution in [3.05, 3.63) is 35.9 Å². The topological polar surface area (TPSA) is 46.6 Å². The number of hydrogen-bond donors (Lipinski definition) is 0. The first-order valence-electron chi connectivity index (χ1n) is 6.96. The van der Waals surface area contributed by atoms with Crippen LogP contribution < -0.4 is 0 Å². The minimum atomic E-state index is -3.07. The van der Waals surface area contributed by atoms with Gasteiger partial charge >= 0.3 is 0 Å². The highest BCUT2D eigenvalue weighted by atomic mass is 32.2. The summed E-state index contributed by atoms with van der Waals surface area (Å²) in [7, 11) is -3.07. The van der Waals surface area contributed by atoms with Crippen LogP contribution in [0.25, 0.3) is 0 Å². The fourth-order valence-electron chi connectivity index (χ4n) is 2.45. The Bertz CT molecular complexity index is 525. The summed E-state index contributed by atoms with van der Waals surface area (Å²) in [6.07, 6.45) is 0. The number of nitrogens with zero attached hydrogens (tertiary/aromatic N) is 1. The van der Waals surface area contributed by atoms with Crippen molar-refractivity contribution in [3.63, 3.8) is 0 Å². The van der Waals surface area contributed by atoms with Gasteiger partial charge in [-0.15, -0.1) is 0 Å². The molecule has 4 nitrogen and oxygen atoms in total. The van der Waals surface area contributed by atoms with Crippen LogP contribution >= 0.6 is 0 Å². The molecule has 0 amide bonds. The van der Waals surface area contributed by atoms with Crippen LogP contribution in [0, 0.1) is 0 Å². The Morgan fingerprint density at radius 2 is 1.95 bits per heavy atom. The molecule has 1 heterocycles. The number of morpholine rings is 1. The average Bonchev–Trinajstić information content (AvgIpc) is 2.37. The van der Waals surface area contributed by atoms with E-state index in [0.29, 0.717) is 19.8 Å². The molecule has 1 saturated heterocycles. The third kappa shape index (κ3) is 4.30. The smallest absolute Gasteiger partial charge is 0.155 e. The first-order valence-corrected chi connectivity index (χ1v) is 8.78. The predicted octanol–water partition coefficient (Wildman–Crippen LogP) is 1.71. The van der Waals surface area contributed by atoms with E-state index in [1.54, 1.807) is 0 Å². The van der Waals surface area contributed by atoms with Gasteiger partial charge in [-0.05, 0) is 19.4 Å². The maximum Gasteiger partial charge on any atom is 0.155 e. The summed E-state index contributed by atoms with van der Waals surface area (Å²) in [6.45, 7) is 6.90. The van der Waals surface area contributed by atoms with Gasteiger partial charge in [0.05, 0.1) is 24.7 Å². The number of sulfone groups is 1. The molecule has 112 valence electrons. The van der Waals surface area contributed by atoms with Crippen molar-refractivity contribution >= 4 is 9.84 Å². The molecule has 0 N–H and O–H groups in total. The molecule has 0 spiro atoms. The minimum absolute atomic E-state index is 0.0828. The van der Waals surface area contributed by atoms with Gasteiger partial charge in [0.15, 0.2) is 9.84 Å². The molecule has 0 aromatic heterocycles. The van der Waals surface area contributed by atoms with Crippen molar-refractivity contribution < 1.29 is 13.2 Å². The van der Waals surface area contributed by atoms with Crippen LogP contribution in [0.15, 0.2) is 30.3 Å². The summed E-state index contributed by atoms with van der Waals surface area (Å²) in [5.41, 5.74) is 0.772. The van der Waals surface area contributed by atoms with Gasteiger partial charge in [-0.25, -0.2) is 8.42 Å². The van der Waals surface area contributed by atoms with Gasteiger partial charge in [-0.2, -0.15) is 0 Å². The first kappa shape index (κ1) is 15.5. The summed E-state index contributed by atoms with van der Waals surface area (Å²) >= 11 is 0. The van der Waals surface area contributed by atoms with E-state index in [1.807, 2.05) is 30.3 Å². The van der Waals surface area contributed by atoms with Gasteiger partial charge in [-0.3, -0.25) is 4.90 Å². The molecule has 1 aromatic rings. The lowest BCUT2D eigenvalue weighted by atomic mass is 10.0. The molecule has 5 heteroatoms. The van der Waals surface area contributed by atoms with E-state index >= 15 is 0 Å². The molecule has 2 rings (SSSR count). The van der Waals surface area contributed by atoms with Crippen molar-refractivity contribution in [3.8, 4) is 0 Å². The molecular formula is C15H23NO3S. The number of rotatable bonds is 5. The maximum atomic E-state index is 12.2. The van der Waals surface area contributed by atoms with Gasteiger partial charge < -0.3 is 4.74 Å². The maximum absolute atomic E-state index is 12.2. The Hall–Kier alpha value is -0.910. The van der Waals surface area contributed by atoms with E-state index in [4.69, 9.17) is 4.74 Å². The van der Waals surface area contributed by atoms with Gasteiger partial charge in [0.1, 0.15) is 0 Å². The second-order valence-corrected chi connectivity index (χ2v) is 8.11. The van der Waals surface area contributed by atoms with Gasteiger partial charge in [-0.1, -0.05) is 30.3 Å². The lowest BCUT2D eigenvalue weighted by Crippen LogP contribution is -2.54.